The molecule has 0 aliphatic carbocycles. The van der Waals surface area contributed by atoms with Crippen LogP contribution in [0.25, 0.3) is 0 Å². The van der Waals surface area contributed by atoms with Gasteiger partial charge in [-0.1, -0.05) is 26.0 Å². The minimum absolute atomic E-state index is 0.304. The number of hydrogen-bond donors (Lipinski definition) is 2. The minimum atomic E-state index is -0.484. The summed E-state index contributed by atoms with van der Waals surface area (Å²) in [5, 5.41) is 10.1. The zero-order chi connectivity index (χ0) is 15.0. The lowest BCUT2D eigenvalue weighted by molar-refractivity contribution is 0.0615. The second-order valence-electron chi connectivity index (χ2n) is 5.23. The van der Waals surface area contributed by atoms with Gasteiger partial charge in [0, 0.05) is 19.1 Å². The van der Waals surface area contributed by atoms with Crippen LogP contribution in [0.4, 0.5) is 0 Å². The predicted molar refractivity (Wildman–Crippen MR) is 82.8 cm³/mol. The van der Waals surface area contributed by atoms with E-state index >= 15 is 0 Å². The van der Waals surface area contributed by atoms with E-state index in [4.69, 9.17) is 10.5 Å². The van der Waals surface area contributed by atoms with Gasteiger partial charge in [-0.05, 0) is 37.6 Å². The number of aliphatic hydroxyl groups excluding tert-OH is 1. The molecule has 0 bridgehead atoms. The Morgan fingerprint density at radius 1 is 1.30 bits per heavy atom. The molecular formula is C16H28N2O2. The van der Waals surface area contributed by atoms with Crippen molar-refractivity contribution in [3.8, 4) is 5.75 Å². The molecule has 0 amide bonds. The van der Waals surface area contributed by atoms with Crippen LogP contribution in [-0.2, 0) is 6.54 Å². The smallest absolute Gasteiger partial charge is 0.119 e. The van der Waals surface area contributed by atoms with E-state index in [1.807, 2.05) is 24.3 Å². The molecule has 1 rings (SSSR count). The molecule has 1 atom stereocenters. The second-order valence-corrected chi connectivity index (χ2v) is 5.23. The Bertz CT molecular complexity index is 380. The molecule has 3 N–H and O–H groups in total. The van der Waals surface area contributed by atoms with Crippen LogP contribution in [0.5, 0.6) is 5.75 Å². The highest BCUT2D eigenvalue weighted by atomic mass is 16.5. The summed E-state index contributed by atoms with van der Waals surface area (Å²) in [4.78, 5) is 2.20. The molecule has 0 spiro atoms. The molecule has 1 unspecified atom stereocenters. The molecule has 4 heteroatoms. The number of ether oxygens (including phenoxy) is 1. The highest BCUT2D eigenvalue weighted by molar-refractivity contribution is 5.28. The lowest BCUT2D eigenvalue weighted by Crippen LogP contribution is -2.39. The topological polar surface area (TPSA) is 58.7 Å². The van der Waals surface area contributed by atoms with Crippen molar-refractivity contribution < 1.29 is 9.84 Å². The highest BCUT2D eigenvalue weighted by Crippen LogP contribution is 2.13. The Morgan fingerprint density at radius 2 is 2.00 bits per heavy atom. The molecule has 0 aromatic heterocycles. The number of aliphatic hydroxyl groups is 1. The van der Waals surface area contributed by atoms with Crippen molar-refractivity contribution in [2.75, 3.05) is 20.2 Å². The largest absolute Gasteiger partial charge is 0.491 e. The summed E-state index contributed by atoms with van der Waals surface area (Å²) in [7, 11) is 2.05. The van der Waals surface area contributed by atoms with Gasteiger partial charge in [0.05, 0.1) is 0 Å². The fourth-order valence-electron chi connectivity index (χ4n) is 2.40. The third kappa shape index (κ3) is 5.49. The molecule has 20 heavy (non-hydrogen) atoms. The van der Waals surface area contributed by atoms with Crippen molar-refractivity contribution in [2.24, 2.45) is 5.73 Å². The number of nitrogens with zero attached hydrogens (tertiary/aromatic N) is 1. The molecule has 0 aliphatic heterocycles. The summed E-state index contributed by atoms with van der Waals surface area (Å²) in [5.74, 6) is 0.761. The van der Waals surface area contributed by atoms with Crippen LogP contribution in [0.1, 0.15) is 32.3 Å². The average molecular weight is 280 g/mol. The number of likely N-dealkylation sites (N-methyl/N-ethyl adjacent to an activating group) is 1. The lowest BCUT2D eigenvalue weighted by atomic mass is 10.1. The van der Waals surface area contributed by atoms with Gasteiger partial charge in [-0.3, -0.25) is 0 Å². The van der Waals surface area contributed by atoms with E-state index in [1.165, 1.54) is 0 Å². The summed E-state index contributed by atoms with van der Waals surface area (Å²) >= 11 is 0. The highest BCUT2D eigenvalue weighted by Gasteiger charge is 2.15. The quantitative estimate of drug-likeness (QED) is 0.726. The predicted octanol–water partition coefficient (Wildman–Crippen LogP) is 2.01. The average Bonchev–Trinajstić information content (AvgIpc) is 2.46. The fourth-order valence-corrected chi connectivity index (χ4v) is 2.40. The van der Waals surface area contributed by atoms with Gasteiger partial charge < -0.3 is 20.5 Å². The van der Waals surface area contributed by atoms with Crippen LogP contribution in [0.2, 0.25) is 0 Å². The Balaban J connectivity index is 2.40. The molecule has 0 radical (unpaired) electrons. The number of benzene rings is 1. The van der Waals surface area contributed by atoms with Crippen molar-refractivity contribution in [1.82, 2.24) is 4.90 Å². The van der Waals surface area contributed by atoms with Gasteiger partial charge in [0.15, 0.2) is 0 Å². The van der Waals surface area contributed by atoms with Crippen LogP contribution in [0, 0.1) is 0 Å². The van der Waals surface area contributed by atoms with E-state index in [1.54, 1.807) is 0 Å². The third-order valence-corrected chi connectivity index (χ3v) is 3.64. The Hall–Kier alpha value is -1.10. The van der Waals surface area contributed by atoms with Crippen molar-refractivity contribution in [3.63, 3.8) is 0 Å². The van der Waals surface area contributed by atoms with Crippen LogP contribution < -0.4 is 10.5 Å². The normalized spacial score (nSPS) is 12.9. The van der Waals surface area contributed by atoms with E-state index in [-0.39, 0.29) is 0 Å². The Labute approximate surface area is 122 Å². The van der Waals surface area contributed by atoms with Gasteiger partial charge in [-0.2, -0.15) is 0 Å². The molecule has 1 aromatic rings. The number of nitrogens with two attached hydrogens (primary N) is 1. The van der Waals surface area contributed by atoms with Crippen molar-refractivity contribution in [3.05, 3.63) is 29.8 Å². The summed E-state index contributed by atoms with van der Waals surface area (Å²) in [6.45, 7) is 5.77. The first-order valence-corrected chi connectivity index (χ1v) is 7.40. The first-order valence-electron chi connectivity index (χ1n) is 7.40. The first-order chi connectivity index (χ1) is 9.60. The first kappa shape index (κ1) is 17.0. The van der Waals surface area contributed by atoms with Crippen molar-refractivity contribution in [1.29, 1.82) is 0 Å². The summed E-state index contributed by atoms with van der Waals surface area (Å²) in [6, 6.07) is 8.20. The van der Waals surface area contributed by atoms with Gasteiger partial charge in [0.25, 0.3) is 0 Å². The Morgan fingerprint density at radius 3 is 2.60 bits per heavy atom. The number of rotatable bonds is 9. The van der Waals surface area contributed by atoms with E-state index in [2.05, 4.69) is 25.8 Å². The monoisotopic (exact) mass is 280 g/mol. The number of hydrogen-bond acceptors (Lipinski definition) is 4. The van der Waals surface area contributed by atoms with E-state index < -0.39 is 6.10 Å². The summed E-state index contributed by atoms with van der Waals surface area (Å²) < 4.78 is 5.63. The van der Waals surface area contributed by atoms with Crippen LogP contribution >= 0.6 is 0 Å². The van der Waals surface area contributed by atoms with Gasteiger partial charge in [-0.25, -0.2) is 0 Å². The van der Waals surface area contributed by atoms with Gasteiger partial charge >= 0.3 is 0 Å². The van der Waals surface area contributed by atoms with Gasteiger partial charge in [0.1, 0.15) is 18.5 Å². The van der Waals surface area contributed by atoms with Crippen LogP contribution in [0.15, 0.2) is 24.3 Å². The molecule has 0 saturated heterocycles. The molecule has 0 fully saturated rings. The standard InChI is InChI=1S/C16H28N2O2/c1-4-14(5-2)18(3)11-15(19)12-20-16-8-6-7-13(9-16)10-17/h6-9,14-15,19H,4-5,10-12,17H2,1-3H3. The second kappa shape index (κ2) is 8.95. The molecule has 1 aromatic carbocycles. The summed E-state index contributed by atoms with van der Waals surface area (Å²) in [6.07, 6.45) is 1.71. The van der Waals surface area contributed by atoms with Gasteiger partial charge in [0.2, 0.25) is 0 Å². The van der Waals surface area contributed by atoms with Crippen LogP contribution in [-0.4, -0.2) is 42.4 Å². The summed E-state index contributed by atoms with van der Waals surface area (Å²) in [5.41, 5.74) is 6.63. The molecule has 0 saturated carbocycles. The van der Waals surface area contributed by atoms with E-state index in [0.717, 1.165) is 24.2 Å². The van der Waals surface area contributed by atoms with Gasteiger partial charge in [-0.15, -0.1) is 0 Å². The van der Waals surface area contributed by atoms with E-state index in [0.29, 0.717) is 25.7 Å². The van der Waals surface area contributed by atoms with E-state index in [9.17, 15) is 5.11 Å². The van der Waals surface area contributed by atoms with Crippen molar-refractivity contribution in [2.45, 2.75) is 45.4 Å². The molecule has 4 nitrogen and oxygen atoms in total. The molecular weight excluding hydrogens is 252 g/mol. The zero-order valence-corrected chi connectivity index (χ0v) is 12.9. The molecule has 0 heterocycles. The fraction of sp³-hybridized carbons (Fsp3) is 0.625. The lowest BCUT2D eigenvalue weighted by Gasteiger charge is -2.28. The van der Waals surface area contributed by atoms with Crippen molar-refractivity contribution >= 4 is 0 Å². The zero-order valence-electron chi connectivity index (χ0n) is 12.9. The molecule has 0 aliphatic rings. The third-order valence-electron chi connectivity index (χ3n) is 3.64. The SMILES string of the molecule is CCC(CC)N(C)CC(O)COc1cccc(CN)c1. The Kier molecular flexibility index (Phi) is 7.59. The maximum Gasteiger partial charge on any atom is 0.119 e. The molecule has 114 valence electrons. The maximum atomic E-state index is 10.1. The minimum Gasteiger partial charge on any atom is -0.491 e. The van der Waals surface area contributed by atoms with Crippen LogP contribution in [0.3, 0.4) is 0 Å². The maximum absolute atomic E-state index is 10.1.